The largest absolute Gasteiger partial charge is 0.490 e. The number of tetrazole rings is 1. The Bertz CT molecular complexity index is 783. The van der Waals surface area contributed by atoms with Gasteiger partial charge < -0.3 is 9.64 Å². The fourth-order valence-corrected chi connectivity index (χ4v) is 2.35. The fraction of sp³-hybridized carbons (Fsp3) is 0.167. The van der Waals surface area contributed by atoms with Gasteiger partial charge in [-0.15, -0.1) is 0 Å². The molecule has 0 aliphatic heterocycles. The van der Waals surface area contributed by atoms with Crippen molar-refractivity contribution >= 4 is 5.95 Å². The lowest BCUT2D eigenvalue weighted by Gasteiger charge is -2.18. The molecule has 0 bridgehead atoms. The highest BCUT2D eigenvalue weighted by atomic mass is 16.5. The molecule has 0 amide bonds. The maximum atomic E-state index is 5.50. The van der Waals surface area contributed by atoms with Crippen LogP contribution in [-0.2, 0) is 6.54 Å². The number of aromatic nitrogens is 4. The first-order valence-electron chi connectivity index (χ1n) is 7.65. The highest BCUT2D eigenvalue weighted by Crippen LogP contribution is 2.18. The van der Waals surface area contributed by atoms with Gasteiger partial charge in [0.15, 0.2) is 0 Å². The molecule has 24 heavy (non-hydrogen) atoms. The van der Waals surface area contributed by atoms with Crippen molar-refractivity contribution < 1.29 is 4.74 Å². The van der Waals surface area contributed by atoms with Crippen LogP contribution in [0.3, 0.4) is 0 Å². The maximum Gasteiger partial charge on any atom is 0.250 e. The number of rotatable bonds is 7. The molecule has 122 valence electrons. The van der Waals surface area contributed by atoms with Crippen LogP contribution in [0, 0.1) is 0 Å². The Hall–Kier alpha value is -3.15. The smallest absolute Gasteiger partial charge is 0.250 e. The van der Waals surface area contributed by atoms with Gasteiger partial charge in [0.1, 0.15) is 12.4 Å². The Morgan fingerprint density at radius 2 is 1.88 bits per heavy atom. The van der Waals surface area contributed by atoms with Gasteiger partial charge in [0.25, 0.3) is 0 Å². The van der Waals surface area contributed by atoms with Gasteiger partial charge in [-0.1, -0.05) is 48.1 Å². The summed E-state index contributed by atoms with van der Waals surface area (Å²) < 4.78 is 7.22. The van der Waals surface area contributed by atoms with Gasteiger partial charge in [-0.05, 0) is 40.3 Å². The van der Waals surface area contributed by atoms with Gasteiger partial charge in [0, 0.05) is 13.6 Å². The second-order valence-corrected chi connectivity index (χ2v) is 5.33. The zero-order valence-corrected chi connectivity index (χ0v) is 13.5. The summed E-state index contributed by atoms with van der Waals surface area (Å²) in [5.74, 6) is 1.52. The Morgan fingerprint density at radius 1 is 1.12 bits per heavy atom. The minimum Gasteiger partial charge on any atom is -0.490 e. The normalized spacial score (nSPS) is 10.4. The zero-order chi connectivity index (χ0) is 16.8. The van der Waals surface area contributed by atoms with Crippen molar-refractivity contribution in [3.8, 4) is 11.4 Å². The molecule has 6 nitrogen and oxygen atoms in total. The van der Waals surface area contributed by atoms with Gasteiger partial charge >= 0.3 is 0 Å². The standard InChI is InChI=1S/C18H19N5O/c1-3-13-24-17-11-9-15(10-12-17)14-22(2)18-19-20-21-23(18)16-7-5-4-6-8-16/h3-12H,1,13-14H2,2H3. The average Bonchev–Trinajstić information content (AvgIpc) is 3.12. The van der Waals surface area contributed by atoms with Crippen LogP contribution in [0.25, 0.3) is 5.69 Å². The number of para-hydroxylation sites is 1. The summed E-state index contributed by atoms with van der Waals surface area (Å²) in [6.07, 6.45) is 1.73. The third-order valence-corrected chi connectivity index (χ3v) is 3.51. The molecule has 2 aromatic carbocycles. The van der Waals surface area contributed by atoms with Crippen LogP contribution in [0.2, 0.25) is 0 Å². The van der Waals surface area contributed by atoms with Crippen molar-refractivity contribution in [3.63, 3.8) is 0 Å². The predicted octanol–water partition coefficient (Wildman–Crippen LogP) is 2.86. The summed E-state index contributed by atoms with van der Waals surface area (Å²) in [6, 6.07) is 17.8. The molecule has 6 heteroatoms. The minimum absolute atomic E-state index is 0.505. The molecular weight excluding hydrogens is 302 g/mol. The maximum absolute atomic E-state index is 5.50. The first kappa shape index (κ1) is 15.7. The molecule has 3 aromatic rings. The number of anilines is 1. The molecule has 0 saturated carbocycles. The van der Waals surface area contributed by atoms with E-state index in [-0.39, 0.29) is 0 Å². The number of nitrogens with zero attached hydrogens (tertiary/aromatic N) is 5. The first-order valence-corrected chi connectivity index (χ1v) is 7.65. The van der Waals surface area contributed by atoms with Crippen molar-refractivity contribution in [2.24, 2.45) is 0 Å². The van der Waals surface area contributed by atoms with E-state index in [1.54, 1.807) is 10.8 Å². The van der Waals surface area contributed by atoms with E-state index < -0.39 is 0 Å². The lowest BCUT2D eigenvalue weighted by atomic mass is 10.2. The van der Waals surface area contributed by atoms with E-state index >= 15 is 0 Å². The number of ether oxygens (including phenoxy) is 1. The van der Waals surface area contributed by atoms with Crippen molar-refractivity contribution in [2.75, 3.05) is 18.6 Å². The van der Waals surface area contributed by atoms with Gasteiger partial charge in [-0.25, -0.2) is 0 Å². The average molecular weight is 321 g/mol. The molecule has 0 aliphatic carbocycles. The summed E-state index contributed by atoms with van der Waals surface area (Å²) in [7, 11) is 1.97. The van der Waals surface area contributed by atoms with Crippen molar-refractivity contribution in [3.05, 3.63) is 72.8 Å². The number of benzene rings is 2. The van der Waals surface area contributed by atoms with E-state index in [2.05, 4.69) is 22.1 Å². The van der Waals surface area contributed by atoms with Crippen LogP contribution in [-0.4, -0.2) is 33.9 Å². The molecule has 0 saturated heterocycles. The fourth-order valence-electron chi connectivity index (χ4n) is 2.35. The lowest BCUT2D eigenvalue weighted by Crippen LogP contribution is -2.20. The number of hydrogen-bond acceptors (Lipinski definition) is 5. The topological polar surface area (TPSA) is 56.1 Å². The van der Waals surface area contributed by atoms with E-state index in [0.717, 1.165) is 17.0 Å². The minimum atomic E-state index is 0.505. The summed E-state index contributed by atoms with van der Waals surface area (Å²) in [4.78, 5) is 2.01. The summed E-state index contributed by atoms with van der Waals surface area (Å²) >= 11 is 0. The zero-order valence-electron chi connectivity index (χ0n) is 13.5. The highest BCUT2D eigenvalue weighted by molar-refractivity contribution is 5.41. The molecular formula is C18H19N5O. The second-order valence-electron chi connectivity index (χ2n) is 5.33. The molecule has 1 aromatic heterocycles. The molecule has 0 spiro atoms. The molecule has 0 aliphatic rings. The predicted molar refractivity (Wildman–Crippen MR) is 93.4 cm³/mol. The van der Waals surface area contributed by atoms with Crippen LogP contribution in [0.5, 0.6) is 5.75 Å². The van der Waals surface area contributed by atoms with Crippen molar-refractivity contribution in [1.82, 2.24) is 20.2 Å². The van der Waals surface area contributed by atoms with Crippen LogP contribution >= 0.6 is 0 Å². The monoisotopic (exact) mass is 321 g/mol. The summed E-state index contributed by atoms with van der Waals surface area (Å²) in [5, 5.41) is 12.0. The highest BCUT2D eigenvalue weighted by Gasteiger charge is 2.13. The summed E-state index contributed by atoms with van der Waals surface area (Å²) in [5.41, 5.74) is 2.07. The SMILES string of the molecule is C=CCOc1ccc(CN(C)c2nnnn2-c2ccccc2)cc1. The van der Waals surface area contributed by atoms with E-state index in [1.807, 2.05) is 66.5 Å². The van der Waals surface area contributed by atoms with Gasteiger partial charge in [-0.2, -0.15) is 4.68 Å². The Morgan fingerprint density at radius 3 is 2.58 bits per heavy atom. The van der Waals surface area contributed by atoms with E-state index in [4.69, 9.17) is 4.74 Å². The van der Waals surface area contributed by atoms with Crippen LogP contribution < -0.4 is 9.64 Å². The van der Waals surface area contributed by atoms with Crippen molar-refractivity contribution in [1.29, 1.82) is 0 Å². The molecule has 0 unspecified atom stereocenters. The third kappa shape index (κ3) is 3.60. The van der Waals surface area contributed by atoms with Crippen LogP contribution in [0.1, 0.15) is 5.56 Å². The van der Waals surface area contributed by atoms with Crippen molar-refractivity contribution in [2.45, 2.75) is 6.54 Å². The molecule has 0 fully saturated rings. The molecule has 0 atom stereocenters. The summed E-state index contributed by atoms with van der Waals surface area (Å²) in [6.45, 7) is 4.84. The van der Waals surface area contributed by atoms with Crippen LogP contribution in [0.4, 0.5) is 5.95 Å². The Labute approximate surface area is 141 Å². The van der Waals surface area contributed by atoms with E-state index in [9.17, 15) is 0 Å². The van der Waals surface area contributed by atoms with E-state index in [1.165, 1.54) is 0 Å². The van der Waals surface area contributed by atoms with Gasteiger partial charge in [0.05, 0.1) is 5.69 Å². The molecule has 3 rings (SSSR count). The third-order valence-electron chi connectivity index (χ3n) is 3.51. The Balaban J connectivity index is 1.73. The van der Waals surface area contributed by atoms with Crippen LogP contribution in [0.15, 0.2) is 67.3 Å². The first-order chi connectivity index (χ1) is 11.8. The van der Waals surface area contributed by atoms with E-state index in [0.29, 0.717) is 19.1 Å². The Kier molecular flexibility index (Phi) is 4.86. The number of hydrogen-bond donors (Lipinski definition) is 0. The molecule has 0 radical (unpaired) electrons. The second kappa shape index (κ2) is 7.41. The van der Waals surface area contributed by atoms with Gasteiger partial charge in [-0.3, -0.25) is 0 Å². The van der Waals surface area contributed by atoms with Gasteiger partial charge in [0.2, 0.25) is 5.95 Å². The quantitative estimate of drug-likeness (QED) is 0.626. The molecule has 1 heterocycles. The molecule has 0 N–H and O–H groups in total. The lowest BCUT2D eigenvalue weighted by molar-refractivity contribution is 0.363.